The van der Waals surface area contributed by atoms with Crippen molar-refractivity contribution in [1.82, 2.24) is 21.3 Å². The second kappa shape index (κ2) is 27.0. The Morgan fingerprint density at radius 1 is 0.620 bits per heavy atom. The molecule has 2 rings (SSSR count). The Kier molecular flexibility index (Phi) is 22.9. The molecule has 10 nitrogen and oxygen atoms in total. The molecule has 0 radical (unpaired) electrons. The van der Waals surface area contributed by atoms with E-state index in [4.69, 9.17) is 9.47 Å². The first-order chi connectivity index (χ1) is 24.3. The molecule has 3 atom stereocenters. The molecule has 0 aliphatic heterocycles. The van der Waals surface area contributed by atoms with Gasteiger partial charge in [-0.3, -0.25) is 10.1 Å². The van der Waals surface area contributed by atoms with E-state index in [1.807, 2.05) is 67.6 Å². The number of benzene rings is 2. The number of aldehydes is 1. The van der Waals surface area contributed by atoms with Crippen LogP contribution in [-0.2, 0) is 32.3 Å². The van der Waals surface area contributed by atoms with E-state index >= 15 is 0 Å². The normalized spacial score (nSPS) is 12.9. The van der Waals surface area contributed by atoms with Crippen LogP contribution in [0.3, 0.4) is 0 Å². The fourth-order valence-corrected chi connectivity index (χ4v) is 5.61. The highest BCUT2D eigenvalue weighted by molar-refractivity contribution is 5.95. The minimum Gasteiger partial charge on any atom is -0.445 e. The average molecular weight is 695 g/mol. The molecular weight excluding hydrogens is 632 g/mol. The molecule has 0 aliphatic rings. The van der Waals surface area contributed by atoms with Gasteiger partial charge < -0.3 is 30.2 Å². The monoisotopic (exact) mass is 694 g/mol. The SMILES string of the molecule is CC(CNC(=O)OCc1ccccc1)[C@H](NCCCCCCCCCCCCCCN[C@H](C=O)C(C)C)C(=O)NC(=O)OCc1ccccc1. The smallest absolute Gasteiger partial charge is 0.414 e. The first-order valence-corrected chi connectivity index (χ1v) is 18.7. The Hall–Kier alpha value is -3.76. The number of nitrogens with one attached hydrogen (secondary N) is 4. The molecule has 1 unspecified atom stereocenters. The highest BCUT2D eigenvalue weighted by Crippen LogP contribution is 2.13. The van der Waals surface area contributed by atoms with Crippen molar-refractivity contribution in [2.45, 2.75) is 123 Å². The predicted octanol–water partition coefficient (Wildman–Crippen LogP) is 7.45. The van der Waals surface area contributed by atoms with Gasteiger partial charge in [0, 0.05) is 6.54 Å². The first-order valence-electron chi connectivity index (χ1n) is 18.7. The second-order valence-corrected chi connectivity index (χ2v) is 13.5. The number of imide groups is 1. The number of carbonyl (C=O) groups excluding carboxylic acids is 4. The van der Waals surface area contributed by atoms with Gasteiger partial charge in [0.05, 0.1) is 12.1 Å². The Bertz CT molecular complexity index is 1200. The third-order valence-electron chi connectivity index (χ3n) is 8.78. The predicted molar refractivity (Wildman–Crippen MR) is 198 cm³/mol. The van der Waals surface area contributed by atoms with E-state index in [2.05, 4.69) is 35.1 Å². The van der Waals surface area contributed by atoms with Gasteiger partial charge in [-0.15, -0.1) is 0 Å². The third kappa shape index (κ3) is 20.0. The molecule has 0 saturated heterocycles. The van der Waals surface area contributed by atoms with Gasteiger partial charge >= 0.3 is 12.2 Å². The molecule has 0 aromatic heterocycles. The summed E-state index contributed by atoms with van der Waals surface area (Å²) in [4.78, 5) is 49.0. The number of carbonyl (C=O) groups is 4. The van der Waals surface area contributed by atoms with Crippen molar-refractivity contribution in [3.63, 3.8) is 0 Å². The van der Waals surface area contributed by atoms with Crippen molar-refractivity contribution < 1.29 is 28.7 Å². The first kappa shape index (κ1) is 42.4. The van der Waals surface area contributed by atoms with Crippen LogP contribution >= 0.6 is 0 Å². The molecule has 0 saturated carbocycles. The molecule has 0 heterocycles. The number of hydrogen-bond acceptors (Lipinski definition) is 8. The molecule has 0 fully saturated rings. The van der Waals surface area contributed by atoms with Crippen LogP contribution < -0.4 is 21.3 Å². The molecule has 2 aromatic carbocycles. The van der Waals surface area contributed by atoms with Crippen LogP contribution in [0.15, 0.2) is 60.7 Å². The van der Waals surface area contributed by atoms with Gasteiger partial charge in [0.15, 0.2) is 0 Å². The molecule has 10 heteroatoms. The van der Waals surface area contributed by atoms with Gasteiger partial charge in [-0.1, -0.05) is 146 Å². The summed E-state index contributed by atoms with van der Waals surface area (Å²) in [5.74, 6) is -0.478. The zero-order valence-electron chi connectivity index (χ0n) is 30.6. The maximum Gasteiger partial charge on any atom is 0.414 e. The zero-order valence-corrected chi connectivity index (χ0v) is 30.6. The van der Waals surface area contributed by atoms with Crippen LogP contribution in [0.4, 0.5) is 9.59 Å². The topological polar surface area (TPSA) is 135 Å². The lowest BCUT2D eigenvalue weighted by Gasteiger charge is -2.24. The van der Waals surface area contributed by atoms with Crippen molar-refractivity contribution in [3.8, 4) is 0 Å². The maximum atomic E-state index is 13.2. The average Bonchev–Trinajstić information content (AvgIpc) is 3.12. The van der Waals surface area contributed by atoms with E-state index < -0.39 is 24.1 Å². The van der Waals surface area contributed by atoms with Crippen LogP contribution in [0.1, 0.15) is 109 Å². The lowest BCUT2D eigenvalue weighted by atomic mass is 10.0. The summed E-state index contributed by atoms with van der Waals surface area (Å²) >= 11 is 0. The summed E-state index contributed by atoms with van der Waals surface area (Å²) in [6, 6.07) is 17.9. The zero-order chi connectivity index (χ0) is 36.2. The summed E-state index contributed by atoms with van der Waals surface area (Å²) in [7, 11) is 0. The largest absolute Gasteiger partial charge is 0.445 e. The summed E-state index contributed by atoms with van der Waals surface area (Å²) in [5, 5.41) is 11.7. The Morgan fingerprint density at radius 3 is 1.52 bits per heavy atom. The van der Waals surface area contributed by atoms with Crippen molar-refractivity contribution in [1.29, 1.82) is 0 Å². The van der Waals surface area contributed by atoms with E-state index in [1.165, 1.54) is 51.4 Å². The lowest BCUT2D eigenvalue weighted by Crippen LogP contribution is -2.52. The second-order valence-electron chi connectivity index (χ2n) is 13.5. The van der Waals surface area contributed by atoms with Gasteiger partial charge in [0.2, 0.25) is 5.91 Å². The lowest BCUT2D eigenvalue weighted by molar-refractivity contribution is -0.123. The molecule has 278 valence electrons. The fraction of sp³-hybridized carbons (Fsp3) is 0.600. The summed E-state index contributed by atoms with van der Waals surface area (Å²) in [6.45, 7) is 7.91. The third-order valence-corrected chi connectivity index (χ3v) is 8.78. The number of ether oxygens (including phenoxy) is 2. The molecule has 50 heavy (non-hydrogen) atoms. The molecular formula is C40H62N4O6. The molecule has 0 aliphatic carbocycles. The van der Waals surface area contributed by atoms with Crippen molar-refractivity contribution in [2.24, 2.45) is 11.8 Å². The highest BCUT2D eigenvalue weighted by Gasteiger charge is 2.27. The Morgan fingerprint density at radius 2 is 1.06 bits per heavy atom. The number of unbranched alkanes of at least 4 members (excludes halogenated alkanes) is 11. The van der Waals surface area contributed by atoms with E-state index in [9.17, 15) is 19.2 Å². The van der Waals surface area contributed by atoms with Crippen LogP contribution in [0, 0.1) is 11.8 Å². The fourth-order valence-electron chi connectivity index (χ4n) is 5.61. The van der Waals surface area contributed by atoms with Crippen molar-refractivity contribution in [3.05, 3.63) is 71.8 Å². The summed E-state index contributed by atoms with van der Waals surface area (Å²) < 4.78 is 10.6. The van der Waals surface area contributed by atoms with Crippen LogP contribution in [0.2, 0.25) is 0 Å². The highest BCUT2D eigenvalue weighted by atomic mass is 16.6. The minimum atomic E-state index is -0.809. The number of alkyl carbamates (subject to hydrolysis) is 2. The number of hydrogen-bond donors (Lipinski definition) is 4. The Balaban J connectivity index is 1.63. The van der Waals surface area contributed by atoms with E-state index in [-0.39, 0.29) is 31.7 Å². The number of amides is 3. The van der Waals surface area contributed by atoms with Crippen molar-refractivity contribution in [2.75, 3.05) is 19.6 Å². The quantitative estimate of drug-likeness (QED) is 0.0560. The molecule has 4 N–H and O–H groups in total. The van der Waals surface area contributed by atoms with Crippen LogP contribution in [0.5, 0.6) is 0 Å². The van der Waals surface area contributed by atoms with Gasteiger partial charge in [0.25, 0.3) is 0 Å². The van der Waals surface area contributed by atoms with Gasteiger partial charge in [0.1, 0.15) is 19.5 Å². The maximum absolute atomic E-state index is 13.2. The molecule has 3 amide bonds. The van der Waals surface area contributed by atoms with E-state index in [1.54, 1.807) is 0 Å². The van der Waals surface area contributed by atoms with E-state index in [0.717, 1.165) is 49.6 Å². The van der Waals surface area contributed by atoms with Gasteiger partial charge in [-0.2, -0.15) is 0 Å². The van der Waals surface area contributed by atoms with Gasteiger partial charge in [-0.05, 0) is 48.9 Å². The molecule has 0 spiro atoms. The molecule has 2 aromatic rings. The number of rotatable bonds is 27. The van der Waals surface area contributed by atoms with Gasteiger partial charge in [-0.25, -0.2) is 9.59 Å². The molecule has 0 bridgehead atoms. The van der Waals surface area contributed by atoms with Crippen LogP contribution in [-0.4, -0.2) is 56.1 Å². The standard InChI is InChI=1S/C40H62N4O6/c1-32(2)36(29-45)41-26-20-12-10-8-6-4-5-7-9-11-13-21-27-42-37(38(46)44-40(48)50-31-35-24-18-15-19-25-35)33(3)28-43-39(47)49-30-34-22-16-14-17-23-34/h14-19,22-25,29,32-33,36-37,41-42H,4-13,20-21,26-28,30-31H2,1-3H3,(H,43,47)(H,44,46,48)/t33?,36-,37+/m1/s1. The summed E-state index contributed by atoms with van der Waals surface area (Å²) in [6.07, 6.45) is 13.8. The minimum absolute atomic E-state index is 0.0291. The van der Waals surface area contributed by atoms with Crippen LogP contribution in [0.25, 0.3) is 0 Å². The van der Waals surface area contributed by atoms with Crippen molar-refractivity contribution >= 4 is 24.4 Å². The van der Waals surface area contributed by atoms with E-state index in [0.29, 0.717) is 12.5 Å². The Labute approximate surface area is 300 Å². The summed E-state index contributed by atoms with van der Waals surface area (Å²) in [5.41, 5.74) is 1.70.